The van der Waals surface area contributed by atoms with Gasteiger partial charge in [-0.2, -0.15) is 0 Å². The second-order valence-corrected chi connectivity index (χ2v) is 5.55. The van der Waals surface area contributed by atoms with Gasteiger partial charge in [-0.25, -0.2) is 0 Å². The van der Waals surface area contributed by atoms with E-state index in [2.05, 4.69) is 19.9 Å². The fraction of sp³-hybridized carbons (Fsp3) is 0.778. The summed E-state index contributed by atoms with van der Waals surface area (Å²) >= 11 is 0. The molecule has 0 spiro atoms. The van der Waals surface area contributed by atoms with E-state index in [1.807, 2.05) is 0 Å². The molecule has 0 aromatic carbocycles. The summed E-state index contributed by atoms with van der Waals surface area (Å²) in [5.41, 5.74) is 1.49. The van der Waals surface area contributed by atoms with E-state index >= 15 is 0 Å². The Morgan fingerprint density at radius 2 is 1.82 bits per heavy atom. The van der Waals surface area contributed by atoms with Gasteiger partial charge in [0.2, 0.25) is 0 Å². The Bertz CT molecular complexity index is 122. The Kier molecular flexibility index (Phi) is 6.44. The SMILES string of the molecule is CC(C)=CC[S+]1CCCC1.[Br-]. The highest BCUT2D eigenvalue weighted by Gasteiger charge is 2.21. The van der Waals surface area contributed by atoms with Gasteiger partial charge in [-0.3, -0.25) is 0 Å². The zero-order valence-corrected chi connectivity index (χ0v) is 9.80. The molecule has 0 amide bonds. The Morgan fingerprint density at radius 1 is 1.27 bits per heavy atom. The van der Waals surface area contributed by atoms with Gasteiger partial charge in [0.05, 0.1) is 0 Å². The van der Waals surface area contributed by atoms with Gasteiger partial charge in [0, 0.05) is 0 Å². The van der Waals surface area contributed by atoms with Crippen LogP contribution in [0.2, 0.25) is 0 Å². The van der Waals surface area contributed by atoms with E-state index in [0.29, 0.717) is 0 Å². The third-order valence-electron chi connectivity index (χ3n) is 1.84. The quantitative estimate of drug-likeness (QED) is 0.443. The van der Waals surface area contributed by atoms with Gasteiger partial charge in [0.25, 0.3) is 0 Å². The van der Waals surface area contributed by atoms with Crippen molar-refractivity contribution in [1.82, 2.24) is 0 Å². The predicted molar refractivity (Wildman–Crippen MR) is 50.6 cm³/mol. The average molecular weight is 237 g/mol. The fourth-order valence-electron chi connectivity index (χ4n) is 1.17. The second kappa shape index (κ2) is 6.13. The normalized spacial score (nSPS) is 17.6. The molecule has 0 saturated carbocycles. The van der Waals surface area contributed by atoms with Crippen molar-refractivity contribution in [3.63, 3.8) is 0 Å². The minimum atomic E-state index is 0. The van der Waals surface area contributed by atoms with Gasteiger partial charge < -0.3 is 17.0 Å². The van der Waals surface area contributed by atoms with Crippen molar-refractivity contribution in [2.45, 2.75) is 26.7 Å². The molecular weight excluding hydrogens is 220 g/mol. The summed E-state index contributed by atoms with van der Waals surface area (Å²) in [7, 11) is 0.776. The van der Waals surface area contributed by atoms with Crippen LogP contribution in [-0.2, 0) is 10.9 Å². The van der Waals surface area contributed by atoms with E-state index < -0.39 is 0 Å². The van der Waals surface area contributed by atoms with Crippen molar-refractivity contribution >= 4 is 10.9 Å². The molecule has 0 unspecified atom stereocenters. The molecule has 1 fully saturated rings. The van der Waals surface area contributed by atoms with Crippen LogP contribution in [0.25, 0.3) is 0 Å². The molecule has 66 valence electrons. The standard InChI is InChI=1S/C9H17S.BrH/c1-9(2)5-8-10-6-3-4-7-10;/h5H,3-4,6-8H2,1-2H3;1H/q+1;/p-1. The highest BCUT2D eigenvalue weighted by Crippen LogP contribution is 2.13. The summed E-state index contributed by atoms with van der Waals surface area (Å²) in [5, 5.41) is 0. The molecule has 0 radical (unpaired) electrons. The lowest BCUT2D eigenvalue weighted by molar-refractivity contribution is -0.00000228. The van der Waals surface area contributed by atoms with Crippen LogP contribution >= 0.6 is 0 Å². The first-order valence-corrected chi connectivity index (χ1v) is 5.79. The molecule has 0 atom stereocenters. The number of hydrogen-bond acceptors (Lipinski definition) is 0. The van der Waals surface area contributed by atoms with Crippen LogP contribution in [0, 0.1) is 0 Å². The summed E-state index contributed by atoms with van der Waals surface area (Å²) in [6.07, 6.45) is 5.37. The third kappa shape index (κ3) is 4.91. The Morgan fingerprint density at radius 3 is 2.27 bits per heavy atom. The summed E-state index contributed by atoms with van der Waals surface area (Å²) in [6, 6.07) is 0. The van der Waals surface area contributed by atoms with Crippen LogP contribution in [0.3, 0.4) is 0 Å². The van der Waals surface area contributed by atoms with E-state index in [-0.39, 0.29) is 17.0 Å². The highest BCUT2D eigenvalue weighted by molar-refractivity contribution is 7.97. The first-order chi connectivity index (χ1) is 4.79. The number of allylic oxidation sites excluding steroid dienone is 1. The topological polar surface area (TPSA) is 0 Å². The predicted octanol–water partition coefficient (Wildman–Crippen LogP) is -0.631. The van der Waals surface area contributed by atoms with Gasteiger partial charge >= 0.3 is 0 Å². The molecular formula is C9H17BrS. The van der Waals surface area contributed by atoms with Gasteiger partial charge in [0.1, 0.15) is 17.3 Å². The molecule has 2 heteroatoms. The molecule has 1 rings (SSSR count). The molecule has 0 aromatic heterocycles. The molecule has 0 nitrogen and oxygen atoms in total. The zero-order valence-electron chi connectivity index (χ0n) is 7.40. The molecule has 0 aromatic rings. The molecule has 1 heterocycles. The van der Waals surface area contributed by atoms with Crippen LogP contribution < -0.4 is 17.0 Å². The Balaban J connectivity index is 0.000001000. The van der Waals surface area contributed by atoms with Crippen molar-refractivity contribution < 1.29 is 17.0 Å². The van der Waals surface area contributed by atoms with Crippen LogP contribution in [0.5, 0.6) is 0 Å². The van der Waals surface area contributed by atoms with Crippen molar-refractivity contribution in [2.24, 2.45) is 0 Å². The number of rotatable bonds is 2. The maximum Gasteiger partial charge on any atom is 0.126 e. The van der Waals surface area contributed by atoms with Crippen molar-refractivity contribution in [3.05, 3.63) is 11.6 Å². The van der Waals surface area contributed by atoms with Gasteiger partial charge in [-0.05, 0) is 43.7 Å². The van der Waals surface area contributed by atoms with Crippen LogP contribution in [0.1, 0.15) is 26.7 Å². The van der Waals surface area contributed by atoms with E-state index in [0.717, 1.165) is 10.9 Å². The summed E-state index contributed by atoms with van der Waals surface area (Å²) < 4.78 is 0. The van der Waals surface area contributed by atoms with Crippen molar-refractivity contribution in [3.8, 4) is 0 Å². The van der Waals surface area contributed by atoms with Gasteiger partial charge in [0.15, 0.2) is 0 Å². The molecule has 1 aliphatic heterocycles. The van der Waals surface area contributed by atoms with Gasteiger partial charge in [-0.1, -0.05) is 5.57 Å². The average Bonchev–Trinajstić information content (AvgIpc) is 2.34. The van der Waals surface area contributed by atoms with E-state index in [1.165, 1.54) is 35.7 Å². The smallest absolute Gasteiger partial charge is 0.126 e. The largest absolute Gasteiger partial charge is 1.00 e. The van der Waals surface area contributed by atoms with E-state index in [1.54, 1.807) is 0 Å². The molecule has 1 saturated heterocycles. The van der Waals surface area contributed by atoms with Crippen molar-refractivity contribution in [2.75, 3.05) is 17.3 Å². The summed E-state index contributed by atoms with van der Waals surface area (Å²) in [6.45, 7) is 4.39. The molecule has 0 N–H and O–H groups in total. The summed E-state index contributed by atoms with van der Waals surface area (Å²) in [5.74, 6) is 4.37. The summed E-state index contributed by atoms with van der Waals surface area (Å²) in [4.78, 5) is 0. The lowest BCUT2D eigenvalue weighted by Crippen LogP contribution is -3.00. The van der Waals surface area contributed by atoms with Crippen LogP contribution in [0.15, 0.2) is 11.6 Å². The maximum atomic E-state index is 2.40. The molecule has 1 aliphatic rings. The first-order valence-electron chi connectivity index (χ1n) is 4.06. The molecule has 0 bridgehead atoms. The number of hydrogen-bond donors (Lipinski definition) is 0. The zero-order chi connectivity index (χ0) is 7.40. The lowest BCUT2D eigenvalue weighted by Gasteiger charge is -1.94. The number of halogens is 1. The molecule has 0 aliphatic carbocycles. The fourth-order valence-corrected chi connectivity index (χ4v) is 3.50. The van der Waals surface area contributed by atoms with Crippen LogP contribution in [-0.4, -0.2) is 17.3 Å². The lowest BCUT2D eigenvalue weighted by atomic mass is 10.3. The molecule has 11 heavy (non-hydrogen) atoms. The third-order valence-corrected chi connectivity index (χ3v) is 4.21. The Labute approximate surface area is 83.6 Å². The maximum absolute atomic E-state index is 2.40. The highest BCUT2D eigenvalue weighted by atomic mass is 79.9. The minimum absolute atomic E-state index is 0. The minimum Gasteiger partial charge on any atom is -1.00 e. The monoisotopic (exact) mass is 236 g/mol. The van der Waals surface area contributed by atoms with Gasteiger partial charge in [-0.15, -0.1) is 0 Å². The van der Waals surface area contributed by atoms with E-state index in [4.69, 9.17) is 0 Å². The first kappa shape index (κ1) is 11.6. The van der Waals surface area contributed by atoms with E-state index in [9.17, 15) is 0 Å². The Hall–Kier alpha value is 0.570. The van der Waals surface area contributed by atoms with Crippen molar-refractivity contribution in [1.29, 1.82) is 0 Å². The van der Waals surface area contributed by atoms with Crippen LogP contribution in [0.4, 0.5) is 0 Å². The second-order valence-electron chi connectivity index (χ2n) is 3.18.